The van der Waals surface area contributed by atoms with Crippen molar-refractivity contribution < 1.29 is 19.0 Å². The van der Waals surface area contributed by atoms with Crippen LogP contribution in [0.2, 0.25) is 0 Å². The maximum absolute atomic E-state index is 13.6. The minimum atomic E-state index is -0.628. The van der Waals surface area contributed by atoms with E-state index in [0.29, 0.717) is 38.7 Å². The van der Waals surface area contributed by atoms with E-state index in [1.165, 1.54) is 18.4 Å². The number of fused-ring (bicyclic) bond motifs is 1. The number of allylic oxidation sites excluding steroid dienone is 1. The molecule has 0 bridgehead atoms. The average molecular weight is 477 g/mol. The molecule has 0 saturated heterocycles. The molecular weight excluding hydrogens is 452 g/mol. The van der Waals surface area contributed by atoms with E-state index in [4.69, 9.17) is 14.2 Å². The highest BCUT2D eigenvalue weighted by atomic mass is 32.1. The van der Waals surface area contributed by atoms with Gasteiger partial charge in [0.1, 0.15) is 6.61 Å². The number of benzene rings is 2. The molecule has 8 heteroatoms. The molecule has 0 saturated carbocycles. The van der Waals surface area contributed by atoms with Crippen LogP contribution in [0.1, 0.15) is 24.1 Å². The molecule has 0 amide bonds. The van der Waals surface area contributed by atoms with Crippen LogP contribution in [0, 0.1) is 0 Å². The standard InChI is InChI=1S/C26H24N2O5S/c1-5-13-33-19-12-11-17(14-20(19)31-3)15-21-24(29)28-23(18-9-7-6-8-10-18)22(25(30)32-4)16(2)27-26(28)34-21/h5-12,14-15,23H,1,13H2,2-4H3. The second-order valence-corrected chi connectivity index (χ2v) is 8.50. The summed E-state index contributed by atoms with van der Waals surface area (Å²) >= 11 is 1.27. The summed E-state index contributed by atoms with van der Waals surface area (Å²) in [5.74, 6) is 0.627. The van der Waals surface area contributed by atoms with Gasteiger partial charge in [0.15, 0.2) is 16.3 Å². The molecule has 0 N–H and O–H groups in total. The fourth-order valence-electron chi connectivity index (χ4n) is 3.84. The van der Waals surface area contributed by atoms with E-state index < -0.39 is 12.0 Å². The second-order valence-electron chi connectivity index (χ2n) is 7.49. The van der Waals surface area contributed by atoms with Crippen molar-refractivity contribution in [2.24, 2.45) is 4.99 Å². The molecule has 1 atom stereocenters. The molecule has 0 radical (unpaired) electrons. The van der Waals surface area contributed by atoms with Gasteiger partial charge in [-0.2, -0.15) is 0 Å². The van der Waals surface area contributed by atoms with Crippen molar-refractivity contribution >= 4 is 23.4 Å². The predicted molar refractivity (Wildman–Crippen MR) is 131 cm³/mol. The fraction of sp³-hybridized carbons (Fsp3) is 0.192. The quantitative estimate of drug-likeness (QED) is 0.387. The number of aromatic nitrogens is 1. The van der Waals surface area contributed by atoms with E-state index in [1.54, 1.807) is 42.9 Å². The van der Waals surface area contributed by atoms with Crippen LogP contribution in [0.5, 0.6) is 11.5 Å². The van der Waals surface area contributed by atoms with Gasteiger partial charge in [0.25, 0.3) is 5.56 Å². The highest BCUT2D eigenvalue weighted by Crippen LogP contribution is 2.31. The number of thiazole rings is 1. The van der Waals surface area contributed by atoms with Gasteiger partial charge in [-0.25, -0.2) is 9.79 Å². The van der Waals surface area contributed by atoms with E-state index >= 15 is 0 Å². The minimum absolute atomic E-state index is 0.238. The molecule has 34 heavy (non-hydrogen) atoms. The van der Waals surface area contributed by atoms with E-state index in [1.807, 2.05) is 36.4 Å². The highest BCUT2D eigenvalue weighted by Gasteiger charge is 2.32. The van der Waals surface area contributed by atoms with Crippen LogP contribution in [0.25, 0.3) is 6.08 Å². The van der Waals surface area contributed by atoms with Crippen molar-refractivity contribution in [3.05, 3.63) is 103 Å². The monoisotopic (exact) mass is 476 g/mol. The first kappa shape index (κ1) is 23.3. The van der Waals surface area contributed by atoms with Crippen molar-refractivity contribution in [1.82, 2.24) is 4.57 Å². The molecule has 1 aliphatic rings. The Morgan fingerprint density at radius 1 is 1.18 bits per heavy atom. The normalized spacial score (nSPS) is 15.4. The fourth-order valence-corrected chi connectivity index (χ4v) is 4.88. The Morgan fingerprint density at radius 2 is 1.94 bits per heavy atom. The van der Waals surface area contributed by atoms with E-state index in [-0.39, 0.29) is 5.56 Å². The second kappa shape index (κ2) is 9.93. The number of nitrogens with zero attached hydrogens (tertiary/aromatic N) is 2. The number of rotatable bonds is 7. The minimum Gasteiger partial charge on any atom is -0.493 e. The third kappa shape index (κ3) is 4.32. The SMILES string of the molecule is C=CCOc1ccc(C=c2sc3n(c2=O)C(c2ccccc2)C(C(=O)OC)=C(C)N=3)cc1OC. The molecule has 1 unspecified atom stereocenters. The number of carbonyl (C=O) groups is 1. The van der Waals surface area contributed by atoms with E-state index in [9.17, 15) is 9.59 Å². The van der Waals surface area contributed by atoms with Crippen molar-refractivity contribution in [2.45, 2.75) is 13.0 Å². The number of methoxy groups -OCH3 is 2. The smallest absolute Gasteiger partial charge is 0.338 e. The van der Waals surface area contributed by atoms with Crippen LogP contribution in [0.15, 0.2) is 82.2 Å². The van der Waals surface area contributed by atoms with Gasteiger partial charge >= 0.3 is 5.97 Å². The largest absolute Gasteiger partial charge is 0.493 e. The lowest BCUT2D eigenvalue weighted by atomic mass is 9.96. The molecule has 0 aliphatic carbocycles. The summed E-state index contributed by atoms with van der Waals surface area (Å²) in [4.78, 5) is 31.3. The zero-order valence-electron chi connectivity index (χ0n) is 19.1. The predicted octanol–water partition coefficient (Wildman–Crippen LogP) is 2.98. The lowest BCUT2D eigenvalue weighted by molar-refractivity contribution is -0.136. The van der Waals surface area contributed by atoms with Crippen LogP contribution in [0.4, 0.5) is 0 Å². The summed E-state index contributed by atoms with van der Waals surface area (Å²) < 4.78 is 18.1. The van der Waals surface area contributed by atoms with Crippen molar-refractivity contribution in [2.75, 3.05) is 20.8 Å². The third-order valence-electron chi connectivity index (χ3n) is 5.38. The molecule has 3 aromatic rings. The van der Waals surface area contributed by atoms with Gasteiger partial charge in [-0.15, -0.1) is 0 Å². The number of ether oxygens (including phenoxy) is 3. The Labute approximate surface area is 200 Å². The maximum Gasteiger partial charge on any atom is 0.338 e. The molecule has 4 rings (SSSR count). The first-order valence-electron chi connectivity index (χ1n) is 10.6. The molecule has 174 valence electrons. The Morgan fingerprint density at radius 3 is 2.62 bits per heavy atom. The van der Waals surface area contributed by atoms with Crippen LogP contribution < -0.4 is 24.4 Å². The molecule has 2 aromatic carbocycles. The van der Waals surface area contributed by atoms with Gasteiger partial charge in [0.2, 0.25) is 0 Å². The summed E-state index contributed by atoms with van der Waals surface area (Å²) in [6, 6.07) is 14.2. The van der Waals surface area contributed by atoms with Crippen LogP contribution in [-0.4, -0.2) is 31.4 Å². The van der Waals surface area contributed by atoms with Gasteiger partial charge in [-0.1, -0.05) is 60.4 Å². The first-order chi connectivity index (χ1) is 16.5. The summed E-state index contributed by atoms with van der Waals surface area (Å²) in [6.45, 7) is 5.76. The summed E-state index contributed by atoms with van der Waals surface area (Å²) in [5, 5.41) is 0. The van der Waals surface area contributed by atoms with Crippen molar-refractivity contribution in [3.63, 3.8) is 0 Å². The van der Waals surface area contributed by atoms with Crippen LogP contribution in [0.3, 0.4) is 0 Å². The number of hydrogen-bond donors (Lipinski definition) is 0. The third-order valence-corrected chi connectivity index (χ3v) is 6.37. The Bertz CT molecular complexity index is 1450. The summed E-state index contributed by atoms with van der Waals surface area (Å²) in [6.07, 6.45) is 3.44. The average Bonchev–Trinajstić information content (AvgIpc) is 3.16. The Balaban J connectivity index is 1.87. The van der Waals surface area contributed by atoms with Crippen LogP contribution in [-0.2, 0) is 9.53 Å². The van der Waals surface area contributed by atoms with E-state index in [2.05, 4.69) is 11.6 Å². The van der Waals surface area contributed by atoms with Crippen LogP contribution >= 0.6 is 11.3 Å². The zero-order chi connectivity index (χ0) is 24.2. The summed E-state index contributed by atoms with van der Waals surface area (Å²) in [7, 11) is 2.89. The van der Waals surface area contributed by atoms with Gasteiger partial charge in [-0.05, 0) is 36.3 Å². The van der Waals surface area contributed by atoms with Gasteiger partial charge in [-0.3, -0.25) is 9.36 Å². The van der Waals surface area contributed by atoms with Gasteiger partial charge < -0.3 is 14.2 Å². The number of hydrogen-bond acceptors (Lipinski definition) is 7. The molecule has 2 heterocycles. The summed E-state index contributed by atoms with van der Waals surface area (Å²) in [5.41, 5.74) is 2.21. The number of carbonyl (C=O) groups excluding carboxylic acids is 1. The number of esters is 1. The molecular formula is C26H24N2O5S. The maximum atomic E-state index is 13.6. The molecule has 0 fully saturated rings. The lowest BCUT2D eigenvalue weighted by Gasteiger charge is -2.24. The lowest BCUT2D eigenvalue weighted by Crippen LogP contribution is -2.39. The molecule has 1 aliphatic heterocycles. The Kier molecular flexibility index (Phi) is 6.79. The Hall–Kier alpha value is -3.91. The highest BCUT2D eigenvalue weighted by molar-refractivity contribution is 7.07. The van der Waals surface area contributed by atoms with Gasteiger partial charge in [0.05, 0.1) is 36.1 Å². The zero-order valence-corrected chi connectivity index (χ0v) is 19.9. The molecule has 0 spiro atoms. The van der Waals surface area contributed by atoms with Gasteiger partial charge in [0, 0.05) is 0 Å². The molecule has 7 nitrogen and oxygen atoms in total. The first-order valence-corrected chi connectivity index (χ1v) is 11.4. The van der Waals surface area contributed by atoms with Crippen molar-refractivity contribution in [1.29, 1.82) is 0 Å². The topological polar surface area (TPSA) is 79.1 Å². The van der Waals surface area contributed by atoms with E-state index in [0.717, 1.165) is 11.1 Å². The van der Waals surface area contributed by atoms with Crippen molar-refractivity contribution in [3.8, 4) is 11.5 Å². The molecule has 1 aromatic heterocycles.